The number of rotatable bonds is 11. The predicted molar refractivity (Wildman–Crippen MR) is 175 cm³/mol. The van der Waals surface area contributed by atoms with Gasteiger partial charge in [0, 0.05) is 6.54 Å². The van der Waals surface area contributed by atoms with E-state index in [0.717, 1.165) is 11.1 Å². The van der Waals surface area contributed by atoms with Gasteiger partial charge in [-0.3, -0.25) is 4.68 Å². The molecule has 0 spiro atoms. The average Bonchev–Trinajstić information content (AvgIpc) is 3.72. The fraction of sp³-hybridized carbons (Fsp3) is 0.143. The van der Waals surface area contributed by atoms with E-state index in [1.807, 2.05) is 0 Å². The number of benzene rings is 2. The van der Waals surface area contributed by atoms with E-state index >= 15 is 0 Å². The van der Waals surface area contributed by atoms with Gasteiger partial charge in [-0.2, -0.15) is 21.9 Å². The molecule has 0 aliphatic carbocycles. The van der Waals surface area contributed by atoms with Crippen LogP contribution in [0.5, 0.6) is 5.75 Å². The molecule has 0 saturated heterocycles. The third-order valence-corrected chi connectivity index (χ3v) is 13.7. The van der Waals surface area contributed by atoms with Crippen molar-refractivity contribution in [3.05, 3.63) is 98.9 Å². The number of thiophene rings is 2. The SMILES string of the molecule is C=C(C)OC(=O)NCc1ccc(Cn2nc(N(S(=O)(=O)c3ccc(Cl)s3)S(=O)(=O)c3ccc(Cl)s3)c3c(OC)cccc32)cc1. The van der Waals surface area contributed by atoms with Crippen molar-refractivity contribution in [3.63, 3.8) is 0 Å². The van der Waals surface area contributed by atoms with Crippen molar-refractivity contribution in [2.75, 3.05) is 10.8 Å². The molecular weight excluding hydrogens is 704 g/mol. The van der Waals surface area contributed by atoms with Gasteiger partial charge >= 0.3 is 6.09 Å². The monoisotopic (exact) mass is 726 g/mol. The Labute approximate surface area is 277 Å². The lowest BCUT2D eigenvalue weighted by atomic mass is 10.1. The predicted octanol–water partition coefficient (Wildman–Crippen LogP) is 6.87. The Bertz CT molecular complexity index is 2050. The molecule has 17 heteroatoms. The van der Waals surface area contributed by atoms with Gasteiger partial charge in [0.25, 0.3) is 20.0 Å². The number of aromatic nitrogens is 2. The topological polar surface area (TPSA) is 137 Å². The number of amides is 1. The number of carbonyl (C=O) groups excluding carboxylic acids is 1. The zero-order valence-corrected chi connectivity index (χ0v) is 28.3. The van der Waals surface area contributed by atoms with Crippen molar-refractivity contribution in [2.45, 2.75) is 28.4 Å². The highest BCUT2D eigenvalue weighted by molar-refractivity contribution is 8.11. The summed E-state index contributed by atoms with van der Waals surface area (Å²) in [5.41, 5.74) is 1.97. The quantitative estimate of drug-likeness (QED) is 0.146. The Kier molecular flexibility index (Phi) is 9.49. The zero-order valence-electron chi connectivity index (χ0n) is 23.6. The first kappa shape index (κ1) is 32.8. The number of fused-ring (bicyclic) bond motifs is 1. The molecule has 0 aliphatic rings. The molecule has 3 aromatic heterocycles. The minimum Gasteiger partial charge on any atom is -0.496 e. The number of hydrogen-bond donors (Lipinski definition) is 1. The second kappa shape index (κ2) is 13.0. The maximum absolute atomic E-state index is 14.1. The minimum atomic E-state index is -4.77. The lowest BCUT2D eigenvalue weighted by Crippen LogP contribution is -2.37. The Morgan fingerprint density at radius 3 is 2.02 bits per heavy atom. The maximum atomic E-state index is 14.1. The average molecular weight is 728 g/mol. The number of halogens is 2. The highest BCUT2D eigenvalue weighted by atomic mass is 35.5. The van der Waals surface area contributed by atoms with E-state index in [4.69, 9.17) is 32.7 Å². The molecule has 1 N–H and O–H groups in total. The number of alkyl carbamates (subject to hydrolysis) is 1. The largest absolute Gasteiger partial charge is 0.496 e. The highest BCUT2D eigenvalue weighted by Crippen LogP contribution is 2.42. The number of ether oxygens (including phenoxy) is 2. The van der Waals surface area contributed by atoms with E-state index in [9.17, 15) is 21.6 Å². The molecule has 0 unspecified atom stereocenters. The van der Waals surface area contributed by atoms with Gasteiger partial charge < -0.3 is 14.8 Å². The number of carbonyl (C=O) groups is 1. The van der Waals surface area contributed by atoms with E-state index in [2.05, 4.69) is 17.0 Å². The number of methoxy groups -OCH3 is 1. The summed E-state index contributed by atoms with van der Waals surface area (Å²) in [4.78, 5) is 11.8. The first-order valence-electron chi connectivity index (χ1n) is 12.8. The molecule has 0 radical (unpaired) electrons. The van der Waals surface area contributed by atoms with Gasteiger partial charge in [0.05, 0.1) is 39.0 Å². The minimum absolute atomic E-state index is 0.138. The Morgan fingerprint density at radius 2 is 1.51 bits per heavy atom. The number of sulfonamides is 2. The fourth-order valence-corrected chi connectivity index (χ4v) is 11.3. The number of hydrogen-bond acceptors (Lipinski definition) is 10. The van der Waals surface area contributed by atoms with Gasteiger partial charge in [0.2, 0.25) is 0 Å². The molecule has 0 saturated carbocycles. The zero-order chi connectivity index (χ0) is 32.5. The lowest BCUT2D eigenvalue weighted by molar-refractivity contribution is 0.176. The van der Waals surface area contributed by atoms with Crippen LogP contribution in [0.1, 0.15) is 18.1 Å². The van der Waals surface area contributed by atoms with Crippen LogP contribution in [0.4, 0.5) is 10.6 Å². The van der Waals surface area contributed by atoms with Crippen LogP contribution < -0.4 is 13.8 Å². The standard InChI is InChI=1S/C28H24Cl2N4O7S4/c1-17(2)41-28(35)31-15-18-7-9-19(10-8-18)16-33-20-5-4-6-21(40-3)26(20)27(32-33)34(44(36,37)24-13-11-22(29)42-24)45(38,39)25-14-12-23(30)43-25/h4-14H,1,15-16H2,2-3H3,(H,31,35). The molecule has 2 aromatic carbocycles. The van der Waals surface area contributed by atoms with Crippen LogP contribution in [0.15, 0.2) is 87.5 Å². The summed E-state index contributed by atoms with van der Waals surface area (Å²) in [7, 11) is -8.15. The van der Waals surface area contributed by atoms with Gasteiger partial charge in [-0.25, -0.2) is 4.79 Å². The third kappa shape index (κ3) is 6.83. The van der Waals surface area contributed by atoms with Crippen LogP contribution >= 0.6 is 45.9 Å². The molecule has 5 rings (SSSR count). The van der Waals surface area contributed by atoms with Crippen molar-refractivity contribution in [2.24, 2.45) is 0 Å². The molecule has 0 fully saturated rings. The van der Waals surface area contributed by atoms with Crippen molar-refractivity contribution < 1.29 is 31.1 Å². The molecule has 0 aliphatic heterocycles. The van der Waals surface area contributed by atoms with Gasteiger partial charge in [-0.1, -0.05) is 60.1 Å². The number of nitrogens with one attached hydrogen (secondary N) is 1. The molecule has 5 aromatic rings. The molecular formula is C28H24Cl2N4O7S4. The highest BCUT2D eigenvalue weighted by Gasteiger charge is 2.42. The summed E-state index contributed by atoms with van der Waals surface area (Å²) in [6.45, 7) is 5.44. The maximum Gasteiger partial charge on any atom is 0.412 e. The molecule has 11 nitrogen and oxygen atoms in total. The molecule has 236 valence electrons. The van der Waals surface area contributed by atoms with E-state index in [1.54, 1.807) is 49.4 Å². The first-order valence-corrected chi connectivity index (χ1v) is 18.1. The van der Waals surface area contributed by atoms with E-state index in [-0.39, 0.29) is 52.9 Å². The molecule has 3 heterocycles. The Hall–Kier alpha value is -3.60. The summed E-state index contributed by atoms with van der Waals surface area (Å²) in [5, 5.41) is 7.35. The first-order chi connectivity index (χ1) is 21.3. The number of anilines is 1. The van der Waals surface area contributed by atoms with Gasteiger partial charge in [0.15, 0.2) is 5.82 Å². The van der Waals surface area contributed by atoms with Gasteiger partial charge in [-0.05, 0) is 54.4 Å². The van der Waals surface area contributed by atoms with Crippen molar-refractivity contribution in [3.8, 4) is 5.75 Å². The van der Waals surface area contributed by atoms with E-state index < -0.39 is 26.1 Å². The molecule has 1 amide bonds. The van der Waals surface area contributed by atoms with Gasteiger partial charge in [-0.15, -0.1) is 26.4 Å². The van der Waals surface area contributed by atoms with Crippen molar-refractivity contribution in [1.29, 1.82) is 0 Å². The van der Waals surface area contributed by atoms with Crippen LogP contribution in [0.25, 0.3) is 10.9 Å². The summed E-state index contributed by atoms with van der Waals surface area (Å²) in [6.07, 6.45) is -0.625. The summed E-state index contributed by atoms with van der Waals surface area (Å²) < 4.78 is 68.5. The lowest BCUT2D eigenvalue weighted by Gasteiger charge is -2.21. The smallest absolute Gasteiger partial charge is 0.412 e. The Morgan fingerprint density at radius 1 is 0.933 bits per heavy atom. The second-order valence-corrected chi connectivity index (χ2v) is 17.1. The van der Waals surface area contributed by atoms with Crippen molar-refractivity contribution in [1.82, 2.24) is 15.1 Å². The van der Waals surface area contributed by atoms with Crippen LogP contribution in [0.3, 0.4) is 0 Å². The molecule has 0 atom stereocenters. The fourth-order valence-electron chi connectivity index (χ4n) is 4.29. The normalized spacial score (nSPS) is 11.8. The summed E-state index contributed by atoms with van der Waals surface area (Å²) in [6, 6.07) is 17.4. The molecule has 45 heavy (non-hydrogen) atoms. The second-order valence-electron chi connectivity index (χ2n) is 9.42. The van der Waals surface area contributed by atoms with Crippen LogP contribution in [0, 0.1) is 0 Å². The Balaban J connectivity index is 1.61. The number of nitrogens with zero attached hydrogens (tertiary/aromatic N) is 3. The van der Waals surface area contributed by atoms with E-state index in [0.29, 0.717) is 31.9 Å². The van der Waals surface area contributed by atoms with Crippen LogP contribution in [0.2, 0.25) is 8.67 Å². The van der Waals surface area contributed by atoms with Crippen molar-refractivity contribution >= 4 is 88.7 Å². The summed E-state index contributed by atoms with van der Waals surface area (Å²) >= 11 is 13.5. The number of allylic oxidation sites excluding steroid dienone is 1. The van der Waals surface area contributed by atoms with Crippen LogP contribution in [-0.4, -0.2) is 39.8 Å². The van der Waals surface area contributed by atoms with Gasteiger partial charge in [0.1, 0.15) is 14.2 Å². The van der Waals surface area contributed by atoms with E-state index in [1.165, 1.54) is 36.1 Å². The van der Waals surface area contributed by atoms with Crippen LogP contribution in [-0.2, 0) is 37.9 Å². The third-order valence-electron chi connectivity index (χ3n) is 6.22. The molecule has 0 bridgehead atoms. The summed E-state index contributed by atoms with van der Waals surface area (Å²) in [5.74, 6) is 0.0943.